The Balaban J connectivity index is 2.13. The fraction of sp³-hybridized carbons (Fsp3) is 0.455. The Labute approximate surface area is 173 Å². The van der Waals surface area contributed by atoms with Crippen LogP contribution in [-0.2, 0) is 24.7 Å². The maximum atomic E-state index is 12.3. The number of hydrogen-bond acceptors (Lipinski definition) is 5. The van der Waals surface area contributed by atoms with Crippen LogP contribution in [-0.4, -0.2) is 4.89 Å². The van der Waals surface area contributed by atoms with Crippen molar-refractivity contribution in [3.8, 4) is 11.5 Å². The van der Waals surface area contributed by atoms with E-state index in [0.29, 0.717) is 11.5 Å². The molecule has 6 nitrogen and oxygen atoms in total. The van der Waals surface area contributed by atoms with E-state index in [-0.39, 0.29) is 10.8 Å². The van der Waals surface area contributed by atoms with Gasteiger partial charge in [-0.3, -0.25) is 4.89 Å². The lowest BCUT2D eigenvalue weighted by Gasteiger charge is -2.23. The molecule has 0 saturated heterocycles. The van der Waals surface area contributed by atoms with Gasteiger partial charge in [-0.25, -0.2) is 4.57 Å². The van der Waals surface area contributed by atoms with E-state index in [1.54, 1.807) is 12.1 Å². The van der Waals surface area contributed by atoms with Gasteiger partial charge in [0.2, 0.25) is 0 Å². The van der Waals surface area contributed by atoms with Crippen LogP contribution in [0.25, 0.3) is 0 Å². The zero-order valence-corrected chi connectivity index (χ0v) is 19.3. The number of hydrogen-bond donors (Lipinski definition) is 1. The zero-order valence-electron chi connectivity index (χ0n) is 18.4. The van der Waals surface area contributed by atoms with Gasteiger partial charge in [0.1, 0.15) is 0 Å². The largest absolute Gasteiger partial charge is 0.544 e. The van der Waals surface area contributed by atoms with Gasteiger partial charge in [-0.2, -0.15) is 0 Å². The van der Waals surface area contributed by atoms with Crippen molar-refractivity contribution >= 4 is 7.82 Å². The molecular formula is C22H31O6P. The van der Waals surface area contributed by atoms with Crippen molar-refractivity contribution in [2.24, 2.45) is 0 Å². The first-order chi connectivity index (χ1) is 13.2. The topological polar surface area (TPSA) is 74.2 Å². The van der Waals surface area contributed by atoms with E-state index in [1.807, 2.05) is 79.7 Å². The molecule has 0 heterocycles. The summed E-state index contributed by atoms with van der Waals surface area (Å²) < 4.78 is 21.7. The molecule has 160 valence electrons. The van der Waals surface area contributed by atoms with Crippen molar-refractivity contribution in [3.63, 3.8) is 0 Å². The summed E-state index contributed by atoms with van der Waals surface area (Å²) in [5.74, 6) is 0.679. The van der Waals surface area contributed by atoms with Crippen LogP contribution in [0.1, 0.15) is 63.8 Å². The molecule has 0 aliphatic heterocycles. The Morgan fingerprint density at radius 1 is 0.724 bits per heavy atom. The van der Waals surface area contributed by atoms with E-state index in [0.717, 1.165) is 22.3 Å². The van der Waals surface area contributed by atoms with Crippen molar-refractivity contribution < 1.29 is 28.6 Å². The standard InChI is InChI=1S/C22H31O6P/c1-15-9-11-19(17(13-15)21(3,4)5)25-27-29(23,24)28-26-20-12-10-16(2)14-18(20)22(6,7)8/h9-14H,1-8H3,(H,23,24). The summed E-state index contributed by atoms with van der Waals surface area (Å²) in [5.41, 5.74) is 3.28. The SMILES string of the molecule is Cc1ccc(OOP(=O)(O)OOc2ccc(C)cc2C(C)(C)C)c(C(C)(C)C)c1. The van der Waals surface area contributed by atoms with Crippen LogP contribution in [0.4, 0.5) is 0 Å². The molecule has 0 saturated carbocycles. The third-order valence-corrected chi connectivity index (χ3v) is 4.85. The second-order valence-corrected chi connectivity index (χ2v) is 10.5. The highest BCUT2D eigenvalue weighted by atomic mass is 31.2. The Hall–Kier alpha value is -1.85. The lowest BCUT2D eigenvalue weighted by Crippen LogP contribution is -2.15. The monoisotopic (exact) mass is 422 g/mol. The van der Waals surface area contributed by atoms with Gasteiger partial charge in [-0.15, -0.1) is 0 Å². The Morgan fingerprint density at radius 2 is 1.07 bits per heavy atom. The summed E-state index contributed by atoms with van der Waals surface area (Å²) in [4.78, 5) is 20.3. The molecule has 29 heavy (non-hydrogen) atoms. The van der Waals surface area contributed by atoms with Gasteiger partial charge in [-0.1, -0.05) is 86.3 Å². The summed E-state index contributed by atoms with van der Waals surface area (Å²) in [6.07, 6.45) is 0. The zero-order chi connectivity index (χ0) is 22.0. The van der Waals surface area contributed by atoms with E-state index in [4.69, 9.17) is 19.1 Å². The first-order valence-electron chi connectivity index (χ1n) is 9.47. The first kappa shape index (κ1) is 23.4. The molecule has 0 fully saturated rings. The van der Waals surface area contributed by atoms with Gasteiger partial charge in [0.05, 0.1) is 0 Å². The number of phosphoric acid groups is 1. The summed E-state index contributed by atoms with van der Waals surface area (Å²) in [6.45, 7) is 16.0. The van der Waals surface area contributed by atoms with E-state index >= 15 is 0 Å². The van der Waals surface area contributed by atoms with E-state index in [1.165, 1.54) is 0 Å². The molecule has 0 unspecified atom stereocenters. The second kappa shape index (κ2) is 8.49. The second-order valence-electron chi connectivity index (χ2n) is 9.28. The van der Waals surface area contributed by atoms with Gasteiger partial charge in [-0.05, 0) is 36.8 Å². The summed E-state index contributed by atoms with van der Waals surface area (Å²) in [5, 5.41) is 0. The molecule has 7 heteroatoms. The number of rotatable bonds is 6. The summed E-state index contributed by atoms with van der Waals surface area (Å²) >= 11 is 0. The number of aryl methyl sites for hydroxylation is 2. The van der Waals surface area contributed by atoms with Crippen LogP contribution in [0.15, 0.2) is 36.4 Å². The van der Waals surface area contributed by atoms with Crippen LogP contribution in [0.5, 0.6) is 11.5 Å². The van der Waals surface area contributed by atoms with Crippen molar-refractivity contribution in [3.05, 3.63) is 58.7 Å². The predicted molar refractivity (Wildman–Crippen MR) is 113 cm³/mol. The summed E-state index contributed by atoms with van der Waals surface area (Å²) in [7, 11) is -4.64. The molecule has 0 bridgehead atoms. The normalized spacial score (nSPS) is 12.7. The van der Waals surface area contributed by atoms with Gasteiger partial charge < -0.3 is 9.78 Å². The molecule has 0 aromatic heterocycles. The maximum absolute atomic E-state index is 12.3. The number of benzene rings is 2. The summed E-state index contributed by atoms with van der Waals surface area (Å²) in [6, 6.07) is 10.9. The van der Waals surface area contributed by atoms with Crippen molar-refractivity contribution in [2.45, 2.75) is 66.2 Å². The van der Waals surface area contributed by atoms with E-state index < -0.39 is 7.82 Å². The Bertz CT molecular complexity index is 837. The lowest BCUT2D eigenvalue weighted by molar-refractivity contribution is -0.188. The minimum Gasteiger partial charge on any atom is -0.327 e. The van der Waals surface area contributed by atoms with E-state index in [9.17, 15) is 9.46 Å². The first-order valence-corrected chi connectivity index (χ1v) is 11.0. The van der Waals surface area contributed by atoms with Crippen molar-refractivity contribution in [1.29, 1.82) is 0 Å². The van der Waals surface area contributed by atoms with Crippen LogP contribution in [0.3, 0.4) is 0 Å². The van der Waals surface area contributed by atoms with Crippen LogP contribution >= 0.6 is 7.82 Å². The highest BCUT2D eigenvalue weighted by molar-refractivity contribution is 7.47. The average molecular weight is 422 g/mol. The molecule has 2 aromatic rings. The minimum absolute atomic E-state index is 0.245. The molecule has 0 atom stereocenters. The fourth-order valence-electron chi connectivity index (χ4n) is 2.79. The van der Waals surface area contributed by atoms with Gasteiger partial charge in [0, 0.05) is 11.1 Å². The average Bonchev–Trinajstić information content (AvgIpc) is 2.58. The molecule has 2 rings (SSSR count). The smallest absolute Gasteiger partial charge is 0.327 e. The van der Waals surface area contributed by atoms with Crippen molar-refractivity contribution in [1.82, 2.24) is 0 Å². The molecule has 2 aromatic carbocycles. The van der Waals surface area contributed by atoms with Gasteiger partial charge >= 0.3 is 7.82 Å². The molecular weight excluding hydrogens is 391 g/mol. The van der Waals surface area contributed by atoms with Gasteiger partial charge in [0.15, 0.2) is 11.5 Å². The van der Waals surface area contributed by atoms with Crippen molar-refractivity contribution in [2.75, 3.05) is 0 Å². The molecule has 0 amide bonds. The molecule has 0 aliphatic rings. The molecule has 0 spiro atoms. The fourth-order valence-corrected chi connectivity index (χ4v) is 3.17. The quantitative estimate of drug-likeness (QED) is 0.334. The third-order valence-electron chi connectivity index (χ3n) is 4.33. The highest BCUT2D eigenvalue weighted by Crippen LogP contribution is 2.46. The molecule has 1 N–H and O–H groups in total. The van der Waals surface area contributed by atoms with Gasteiger partial charge in [0.25, 0.3) is 0 Å². The maximum Gasteiger partial charge on any atom is 0.544 e. The lowest BCUT2D eigenvalue weighted by atomic mass is 9.85. The van der Waals surface area contributed by atoms with Crippen LogP contribution in [0.2, 0.25) is 0 Å². The molecule has 0 radical (unpaired) electrons. The van der Waals surface area contributed by atoms with Crippen LogP contribution < -0.4 is 9.78 Å². The Morgan fingerprint density at radius 3 is 1.38 bits per heavy atom. The predicted octanol–water partition coefficient (Wildman–Crippen LogP) is 6.32. The van der Waals surface area contributed by atoms with Crippen LogP contribution in [0, 0.1) is 13.8 Å². The van der Waals surface area contributed by atoms with E-state index in [2.05, 4.69) is 0 Å². The highest BCUT2D eigenvalue weighted by Gasteiger charge is 2.30. The molecule has 0 aliphatic carbocycles. The minimum atomic E-state index is -4.64. The Kier molecular flexibility index (Phi) is 6.86. The third kappa shape index (κ3) is 6.58.